The molecule has 0 aromatic rings. The van der Waals surface area contributed by atoms with Crippen LogP contribution in [0.25, 0.3) is 0 Å². The number of hydrogen-bond acceptors (Lipinski definition) is 3. The number of piperidine rings is 2. The van der Waals surface area contributed by atoms with Gasteiger partial charge in [-0.2, -0.15) is 0 Å². The Bertz CT molecular complexity index is 339. The monoisotopic (exact) mass is 297 g/mol. The van der Waals surface area contributed by atoms with Crippen molar-refractivity contribution in [3.8, 4) is 0 Å². The van der Waals surface area contributed by atoms with Crippen molar-refractivity contribution in [2.45, 2.75) is 45.4 Å². The summed E-state index contributed by atoms with van der Waals surface area (Å²) in [4.78, 5) is 15.6. The first-order chi connectivity index (χ1) is 10.2. The Morgan fingerprint density at radius 1 is 0.952 bits per heavy atom. The standard InChI is InChI=1S/C16H29N3O2/c1-14(17-21)16(20)15(12-18-8-4-2-5-9-18)13-19-10-6-3-7-11-19/h15,21H,2-13H2,1H3/p+2/b17-14+. The van der Waals surface area contributed by atoms with Gasteiger partial charge in [-0.3, -0.25) is 4.79 Å². The SMILES string of the molecule is C/C(=N\O)C(=O)C(C[NH+]1CCCCC1)C[NH+]1CCCCC1. The van der Waals surface area contributed by atoms with Crippen LogP contribution in [-0.2, 0) is 4.79 Å². The number of ketones is 1. The number of nitrogens with one attached hydrogen (secondary N) is 2. The zero-order chi connectivity index (χ0) is 15.1. The topological polar surface area (TPSA) is 58.5 Å². The van der Waals surface area contributed by atoms with Crippen molar-refractivity contribution in [2.75, 3.05) is 39.3 Å². The predicted molar refractivity (Wildman–Crippen MR) is 82.2 cm³/mol. The Morgan fingerprint density at radius 3 is 1.76 bits per heavy atom. The summed E-state index contributed by atoms with van der Waals surface area (Å²) in [7, 11) is 0. The van der Waals surface area contributed by atoms with Gasteiger partial charge >= 0.3 is 0 Å². The molecule has 2 fully saturated rings. The lowest BCUT2D eigenvalue weighted by Crippen LogP contribution is -3.17. The van der Waals surface area contributed by atoms with Crippen molar-refractivity contribution in [3.63, 3.8) is 0 Å². The molecule has 0 aliphatic carbocycles. The van der Waals surface area contributed by atoms with E-state index in [-0.39, 0.29) is 17.4 Å². The molecule has 0 amide bonds. The molecule has 2 aliphatic heterocycles. The molecular weight excluding hydrogens is 266 g/mol. The quantitative estimate of drug-likeness (QED) is 0.340. The minimum Gasteiger partial charge on any atom is -0.411 e. The fraction of sp³-hybridized carbons (Fsp3) is 0.875. The predicted octanol–water partition coefficient (Wildman–Crippen LogP) is -0.841. The van der Waals surface area contributed by atoms with Crippen LogP contribution in [0.3, 0.4) is 0 Å². The molecule has 2 saturated heterocycles. The van der Waals surface area contributed by atoms with Crippen molar-refractivity contribution in [1.29, 1.82) is 0 Å². The zero-order valence-corrected chi connectivity index (χ0v) is 13.4. The van der Waals surface area contributed by atoms with E-state index in [1.165, 1.54) is 64.7 Å². The van der Waals surface area contributed by atoms with E-state index in [9.17, 15) is 4.79 Å². The fourth-order valence-corrected chi connectivity index (χ4v) is 3.81. The maximum atomic E-state index is 12.5. The third kappa shape index (κ3) is 5.08. The average molecular weight is 297 g/mol. The van der Waals surface area contributed by atoms with E-state index in [1.807, 2.05) is 0 Å². The molecule has 2 heterocycles. The molecule has 2 rings (SSSR count). The number of quaternary nitrogens is 2. The van der Waals surface area contributed by atoms with Gasteiger partial charge in [0.05, 0.1) is 39.3 Å². The van der Waals surface area contributed by atoms with Crippen LogP contribution >= 0.6 is 0 Å². The van der Waals surface area contributed by atoms with Crippen molar-refractivity contribution in [3.05, 3.63) is 0 Å². The summed E-state index contributed by atoms with van der Waals surface area (Å²) in [6.45, 7) is 8.21. The molecule has 120 valence electrons. The highest BCUT2D eigenvalue weighted by molar-refractivity contribution is 6.39. The number of hydrogen-bond donors (Lipinski definition) is 3. The van der Waals surface area contributed by atoms with Gasteiger partial charge in [-0.1, -0.05) is 5.16 Å². The van der Waals surface area contributed by atoms with Gasteiger partial charge < -0.3 is 15.0 Å². The van der Waals surface area contributed by atoms with Crippen molar-refractivity contribution in [1.82, 2.24) is 0 Å². The molecular formula is C16H31N3O2+2. The van der Waals surface area contributed by atoms with E-state index in [0.717, 1.165) is 13.1 Å². The Hall–Kier alpha value is -0.940. The van der Waals surface area contributed by atoms with Crippen LogP contribution in [0.15, 0.2) is 5.16 Å². The Balaban J connectivity index is 1.96. The fourth-order valence-electron chi connectivity index (χ4n) is 3.81. The second kappa shape index (κ2) is 8.49. The minimum atomic E-state index is 0.0158. The van der Waals surface area contributed by atoms with Gasteiger partial charge in [0.15, 0.2) is 5.78 Å². The van der Waals surface area contributed by atoms with E-state index in [4.69, 9.17) is 5.21 Å². The molecule has 0 bridgehead atoms. The lowest BCUT2D eigenvalue weighted by Gasteiger charge is -2.30. The first-order valence-electron chi connectivity index (χ1n) is 8.60. The summed E-state index contributed by atoms with van der Waals surface area (Å²) < 4.78 is 0. The highest BCUT2D eigenvalue weighted by Gasteiger charge is 2.31. The number of carbonyl (C=O) groups is 1. The Morgan fingerprint density at radius 2 is 1.38 bits per heavy atom. The summed E-state index contributed by atoms with van der Waals surface area (Å²) in [6.07, 6.45) is 7.77. The molecule has 5 heteroatoms. The summed E-state index contributed by atoms with van der Waals surface area (Å²) in [6, 6.07) is 0. The van der Waals surface area contributed by atoms with Gasteiger partial charge in [0.2, 0.25) is 0 Å². The van der Waals surface area contributed by atoms with Crippen LogP contribution in [0.4, 0.5) is 0 Å². The molecule has 3 N–H and O–H groups in total. The molecule has 2 aliphatic rings. The van der Waals surface area contributed by atoms with E-state index in [0.29, 0.717) is 0 Å². The van der Waals surface area contributed by atoms with Gasteiger partial charge in [-0.15, -0.1) is 0 Å². The van der Waals surface area contributed by atoms with Crippen LogP contribution in [0.1, 0.15) is 45.4 Å². The summed E-state index contributed by atoms with van der Waals surface area (Å²) >= 11 is 0. The van der Waals surface area contributed by atoms with Gasteiger partial charge in [0.25, 0.3) is 0 Å². The Kier molecular flexibility index (Phi) is 6.64. The van der Waals surface area contributed by atoms with E-state index < -0.39 is 0 Å². The molecule has 0 aromatic carbocycles. The van der Waals surface area contributed by atoms with Crippen LogP contribution in [-0.4, -0.2) is 56.0 Å². The van der Waals surface area contributed by atoms with Crippen LogP contribution in [0, 0.1) is 5.92 Å². The van der Waals surface area contributed by atoms with Crippen molar-refractivity contribution >= 4 is 11.5 Å². The minimum absolute atomic E-state index is 0.0158. The number of Topliss-reactive ketones (excluding diaryl/α,β-unsaturated/α-hetero) is 1. The van der Waals surface area contributed by atoms with Crippen LogP contribution < -0.4 is 9.80 Å². The first kappa shape index (κ1) is 16.4. The average Bonchev–Trinajstić information content (AvgIpc) is 2.54. The molecule has 0 radical (unpaired) electrons. The lowest BCUT2D eigenvalue weighted by atomic mass is 9.97. The van der Waals surface area contributed by atoms with Crippen molar-refractivity contribution in [2.24, 2.45) is 11.1 Å². The summed E-state index contributed by atoms with van der Waals surface area (Å²) in [5.41, 5.74) is 0.271. The second-order valence-corrected chi connectivity index (χ2v) is 6.78. The summed E-state index contributed by atoms with van der Waals surface area (Å²) in [5, 5.41) is 12.1. The number of likely N-dealkylation sites (tertiary alicyclic amines) is 2. The van der Waals surface area contributed by atoms with Gasteiger partial charge in [-0.05, 0) is 45.4 Å². The van der Waals surface area contributed by atoms with Crippen molar-refractivity contribution < 1.29 is 19.8 Å². The van der Waals surface area contributed by atoms with E-state index in [1.54, 1.807) is 16.7 Å². The third-order valence-electron chi connectivity index (χ3n) is 5.07. The van der Waals surface area contributed by atoms with Gasteiger partial charge in [0, 0.05) is 0 Å². The number of rotatable bonds is 6. The lowest BCUT2D eigenvalue weighted by molar-refractivity contribution is -0.928. The molecule has 0 spiro atoms. The van der Waals surface area contributed by atoms with E-state index >= 15 is 0 Å². The second-order valence-electron chi connectivity index (χ2n) is 6.78. The van der Waals surface area contributed by atoms with Gasteiger partial charge in [0.1, 0.15) is 11.6 Å². The van der Waals surface area contributed by atoms with Gasteiger partial charge in [-0.25, -0.2) is 0 Å². The molecule has 0 atom stereocenters. The third-order valence-corrected chi connectivity index (χ3v) is 5.07. The summed E-state index contributed by atoms with van der Waals surface area (Å²) in [5.74, 6) is 0.0655. The molecule has 0 unspecified atom stereocenters. The first-order valence-corrected chi connectivity index (χ1v) is 8.60. The normalized spacial score (nSPS) is 22.7. The molecule has 0 saturated carbocycles. The molecule has 0 aromatic heterocycles. The molecule has 21 heavy (non-hydrogen) atoms. The van der Waals surface area contributed by atoms with E-state index in [2.05, 4.69) is 5.16 Å². The maximum Gasteiger partial charge on any atom is 0.194 e. The zero-order valence-electron chi connectivity index (χ0n) is 13.4. The number of carbonyl (C=O) groups excluding carboxylic acids is 1. The highest BCUT2D eigenvalue weighted by Crippen LogP contribution is 2.01. The maximum absolute atomic E-state index is 12.5. The van der Waals surface area contributed by atoms with Crippen LogP contribution in [0.2, 0.25) is 0 Å². The highest BCUT2D eigenvalue weighted by atomic mass is 16.4. The smallest absolute Gasteiger partial charge is 0.194 e. The largest absolute Gasteiger partial charge is 0.411 e. The number of oxime groups is 1. The Labute approximate surface area is 128 Å². The molecule has 5 nitrogen and oxygen atoms in total. The number of nitrogens with zero attached hydrogens (tertiary/aromatic N) is 1. The van der Waals surface area contributed by atoms with Crippen LogP contribution in [0.5, 0.6) is 0 Å².